The lowest BCUT2D eigenvalue weighted by molar-refractivity contribution is 0.0996. The van der Waals surface area contributed by atoms with E-state index in [1.54, 1.807) is 24.3 Å². The molecule has 7 heteroatoms. The Labute approximate surface area is 139 Å². The number of anilines is 1. The number of carbonyl (C=O) groups is 2. The van der Waals surface area contributed by atoms with Crippen LogP contribution in [-0.4, -0.2) is 11.8 Å². The molecule has 0 atom stereocenters. The highest BCUT2D eigenvalue weighted by atomic mass is 79.9. The van der Waals surface area contributed by atoms with E-state index in [2.05, 4.69) is 21.2 Å². The maximum atomic E-state index is 12.2. The van der Waals surface area contributed by atoms with Crippen molar-refractivity contribution >= 4 is 56.6 Å². The first-order valence-electron chi connectivity index (χ1n) is 5.74. The SMILES string of the molecule is NC(=O)c1cc(NC(=O)c2ccc(Cl)cc2Br)ccc1Cl. The summed E-state index contributed by atoms with van der Waals surface area (Å²) in [5, 5.41) is 3.41. The first kappa shape index (κ1) is 15.8. The molecule has 2 rings (SSSR count). The molecule has 4 nitrogen and oxygen atoms in total. The third kappa shape index (κ3) is 3.75. The topological polar surface area (TPSA) is 72.2 Å². The second-order valence-electron chi connectivity index (χ2n) is 4.14. The van der Waals surface area contributed by atoms with Crippen LogP contribution >= 0.6 is 39.1 Å². The molecule has 0 spiro atoms. The van der Waals surface area contributed by atoms with Gasteiger partial charge < -0.3 is 11.1 Å². The average molecular weight is 388 g/mol. The average Bonchev–Trinajstić information content (AvgIpc) is 2.40. The first-order chi connectivity index (χ1) is 9.88. The standard InChI is InChI=1S/C14H9BrCl2N2O2/c15-11-5-7(16)1-3-9(11)14(21)19-8-2-4-12(17)10(6-8)13(18)20/h1-6H,(H2,18,20)(H,19,21). The fraction of sp³-hybridized carbons (Fsp3) is 0. The van der Waals surface area contributed by atoms with Crippen LogP contribution < -0.4 is 11.1 Å². The van der Waals surface area contributed by atoms with Crippen LogP contribution in [0.25, 0.3) is 0 Å². The number of nitrogens with one attached hydrogen (secondary N) is 1. The quantitative estimate of drug-likeness (QED) is 0.831. The highest BCUT2D eigenvalue weighted by Crippen LogP contribution is 2.24. The largest absolute Gasteiger partial charge is 0.366 e. The fourth-order valence-electron chi connectivity index (χ4n) is 1.66. The highest BCUT2D eigenvalue weighted by molar-refractivity contribution is 9.10. The summed E-state index contributed by atoms with van der Waals surface area (Å²) in [5.74, 6) is -1.01. The van der Waals surface area contributed by atoms with Crippen molar-refractivity contribution < 1.29 is 9.59 Å². The van der Waals surface area contributed by atoms with E-state index in [-0.39, 0.29) is 16.5 Å². The van der Waals surface area contributed by atoms with Gasteiger partial charge >= 0.3 is 0 Å². The zero-order chi connectivity index (χ0) is 15.6. The Balaban J connectivity index is 2.27. The smallest absolute Gasteiger partial charge is 0.256 e. The van der Waals surface area contributed by atoms with Crippen molar-refractivity contribution in [3.8, 4) is 0 Å². The molecule has 0 fully saturated rings. The van der Waals surface area contributed by atoms with Crippen molar-refractivity contribution in [3.05, 3.63) is 62.0 Å². The van der Waals surface area contributed by atoms with Gasteiger partial charge in [-0.2, -0.15) is 0 Å². The van der Waals surface area contributed by atoms with Gasteiger partial charge in [-0.25, -0.2) is 0 Å². The number of benzene rings is 2. The molecule has 0 aliphatic carbocycles. The number of halogens is 3. The molecule has 0 unspecified atom stereocenters. The van der Waals surface area contributed by atoms with Crippen LogP contribution in [-0.2, 0) is 0 Å². The van der Waals surface area contributed by atoms with E-state index in [1.165, 1.54) is 12.1 Å². The summed E-state index contributed by atoms with van der Waals surface area (Å²) in [6.07, 6.45) is 0. The summed E-state index contributed by atoms with van der Waals surface area (Å²) >= 11 is 14.9. The molecule has 0 saturated carbocycles. The number of primary amides is 1. The summed E-state index contributed by atoms with van der Waals surface area (Å²) in [7, 11) is 0. The highest BCUT2D eigenvalue weighted by Gasteiger charge is 2.13. The summed E-state index contributed by atoms with van der Waals surface area (Å²) < 4.78 is 0.566. The molecule has 3 N–H and O–H groups in total. The second-order valence-corrected chi connectivity index (χ2v) is 5.84. The zero-order valence-electron chi connectivity index (χ0n) is 10.5. The number of hydrogen-bond acceptors (Lipinski definition) is 2. The molecule has 2 aromatic rings. The van der Waals surface area contributed by atoms with Gasteiger partial charge in [-0.05, 0) is 52.3 Å². The van der Waals surface area contributed by atoms with Crippen molar-refractivity contribution in [2.45, 2.75) is 0 Å². The number of nitrogens with two attached hydrogens (primary N) is 1. The molecule has 21 heavy (non-hydrogen) atoms. The van der Waals surface area contributed by atoms with Gasteiger partial charge in [0.2, 0.25) is 5.91 Å². The molecule has 0 radical (unpaired) electrons. The molecule has 0 aliphatic rings. The van der Waals surface area contributed by atoms with E-state index in [4.69, 9.17) is 28.9 Å². The van der Waals surface area contributed by atoms with E-state index >= 15 is 0 Å². The molecule has 108 valence electrons. The van der Waals surface area contributed by atoms with Crippen molar-refractivity contribution in [2.75, 3.05) is 5.32 Å². The molecule has 0 saturated heterocycles. The Hall–Kier alpha value is -1.56. The molecule has 0 aromatic heterocycles. The summed E-state index contributed by atoms with van der Waals surface area (Å²) in [4.78, 5) is 23.4. The minimum Gasteiger partial charge on any atom is -0.366 e. The van der Waals surface area contributed by atoms with E-state index in [1.807, 2.05) is 0 Å². The second kappa shape index (κ2) is 6.47. The Bertz CT molecular complexity index is 735. The number of rotatable bonds is 3. The summed E-state index contributed by atoms with van der Waals surface area (Å²) in [5.41, 5.74) is 6.18. The molecule has 2 aromatic carbocycles. The van der Waals surface area contributed by atoms with Crippen molar-refractivity contribution in [1.29, 1.82) is 0 Å². The van der Waals surface area contributed by atoms with Crippen LogP contribution in [0.1, 0.15) is 20.7 Å². The maximum Gasteiger partial charge on any atom is 0.256 e. The molecule has 0 heterocycles. The van der Waals surface area contributed by atoms with Crippen molar-refractivity contribution in [1.82, 2.24) is 0 Å². The molecule has 2 amide bonds. The van der Waals surface area contributed by atoms with E-state index in [9.17, 15) is 9.59 Å². The first-order valence-corrected chi connectivity index (χ1v) is 7.29. The van der Waals surface area contributed by atoms with Gasteiger partial charge in [-0.1, -0.05) is 23.2 Å². The minimum atomic E-state index is -0.663. The van der Waals surface area contributed by atoms with Gasteiger partial charge in [-0.3, -0.25) is 9.59 Å². The van der Waals surface area contributed by atoms with Crippen LogP contribution in [0.5, 0.6) is 0 Å². The van der Waals surface area contributed by atoms with Crippen LogP contribution in [0.15, 0.2) is 40.9 Å². The van der Waals surface area contributed by atoms with Crippen LogP contribution in [0.3, 0.4) is 0 Å². The van der Waals surface area contributed by atoms with Crippen LogP contribution in [0.4, 0.5) is 5.69 Å². The van der Waals surface area contributed by atoms with Crippen molar-refractivity contribution in [2.24, 2.45) is 5.73 Å². The Kier molecular flexibility index (Phi) is 4.88. The maximum absolute atomic E-state index is 12.2. The van der Waals surface area contributed by atoms with Gasteiger partial charge in [-0.15, -0.1) is 0 Å². The predicted molar refractivity (Wildman–Crippen MR) is 87.1 cm³/mol. The van der Waals surface area contributed by atoms with E-state index < -0.39 is 5.91 Å². The Morgan fingerprint density at radius 2 is 1.76 bits per heavy atom. The normalized spacial score (nSPS) is 10.2. The lowest BCUT2D eigenvalue weighted by atomic mass is 10.1. The minimum absolute atomic E-state index is 0.143. The fourth-order valence-corrected chi connectivity index (χ4v) is 2.74. The Morgan fingerprint density at radius 1 is 1.05 bits per heavy atom. The molecule has 0 bridgehead atoms. The van der Waals surface area contributed by atoms with E-state index in [0.29, 0.717) is 20.7 Å². The van der Waals surface area contributed by atoms with Crippen LogP contribution in [0.2, 0.25) is 10.0 Å². The number of carbonyl (C=O) groups excluding carboxylic acids is 2. The third-order valence-electron chi connectivity index (χ3n) is 2.67. The van der Waals surface area contributed by atoms with Gasteiger partial charge in [0.15, 0.2) is 0 Å². The molecule has 0 aliphatic heterocycles. The van der Waals surface area contributed by atoms with Gasteiger partial charge in [0.05, 0.1) is 16.1 Å². The summed E-state index contributed by atoms with van der Waals surface area (Å²) in [6.45, 7) is 0. The predicted octanol–water partition coefficient (Wildman–Crippen LogP) is 4.11. The number of hydrogen-bond donors (Lipinski definition) is 2. The number of amides is 2. The lowest BCUT2D eigenvalue weighted by Gasteiger charge is -2.09. The van der Waals surface area contributed by atoms with Crippen molar-refractivity contribution in [3.63, 3.8) is 0 Å². The van der Waals surface area contributed by atoms with Crippen LogP contribution in [0, 0.1) is 0 Å². The summed E-state index contributed by atoms with van der Waals surface area (Å²) in [6, 6.07) is 9.31. The molecular formula is C14H9BrCl2N2O2. The molecular weight excluding hydrogens is 379 g/mol. The Morgan fingerprint density at radius 3 is 2.38 bits per heavy atom. The van der Waals surface area contributed by atoms with E-state index in [0.717, 1.165) is 0 Å². The van der Waals surface area contributed by atoms with Gasteiger partial charge in [0.1, 0.15) is 0 Å². The van der Waals surface area contributed by atoms with Gasteiger partial charge in [0, 0.05) is 15.2 Å². The lowest BCUT2D eigenvalue weighted by Crippen LogP contribution is -2.15. The van der Waals surface area contributed by atoms with Gasteiger partial charge in [0.25, 0.3) is 5.91 Å². The zero-order valence-corrected chi connectivity index (χ0v) is 13.6. The third-order valence-corrected chi connectivity index (χ3v) is 3.89. The monoisotopic (exact) mass is 386 g/mol.